The Kier molecular flexibility index (Phi) is 4.15. The summed E-state index contributed by atoms with van der Waals surface area (Å²) in [6.07, 6.45) is 3.43. The fourth-order valence-electron chi connectivity index (χ4n) is 1.41. The number of carbonyl (C=O) groups is 1. The van der Waals surface area contributed by atoms with E-state index < -0.39 is 0 Å². The Bertz CT molecular complexity index is 570. The SMILES string of the molecule is CC(=O)c1nccs1.c1ccc2ncccc2c1. The van der Waals surface area contributed by atoms with Crippen molar-refractivity contribution >= 4 is 28.0 Å². The van der Waals surface area contributed by atoms with Gasteiger partial charge in [0, 0.05) is 30.1 Å². The topological polar surface area (TPSA) is 42.9 Å². The fraction of sp³-hybridized carbons (Fsp3) is 0.0714. The van der Waals surface area contributed by atoms with Gasteiger partial charge in [0.15, 0.2) is 10.8 Å². The number of carbonyl (C=O) groups excluding carboxylic acids is 1. The summed E-state index contributed by atoms with van der Waals surface area (Å²) in [6, 6.07) is 12.1. The molecule has 0 amide bonds. The van der Waals surface area contributed by atoms with E-state index in [-0.39, 0.29) is 5.78 Å². The number of para-hydroxylation sites is 1. The van der Waals surface area contributed by atoms with E-state index in [1.807, 2.05) is 30.5 Å². The Morgan fingerprint density at radius 2 is 1.83 bits per heavy atom. The molecule has 0 N–H and O–H groups in total. The number of hydrogen-bond donors (Lipinski definition) is 0. The molecule has 2 heterocycles. The molecule has 1 aromatic carbocycles. The maximum absolute atomic E-state index is 10.5. The highest BCUT2D eigenvalue weighted by Gasteiger charge is 1.97. The predicted molar refractivity (Wildman–Crippen MR) is 73.9 cm³/mol. The summed E-state index contributed by atoms with van der Waals surface area (Å²) >= 11 is 1.37. The molecule has 0 unspecified atom stereocenters. The summed E-state index contributed by atoms with van der Waals surface area (Å²) in [5, 5.41) is 3.58. The molecular formula is C14H12N2OS. The van der Waals surface area contributed by atoms with Gasteiger partial charge in [-0.25, -0.2) is 4.98 Å². The first-order valence-corrected chi connectivity index (χ1v) is 6.35. The van der Waals surface area contributed by atoms with Crippen LogP contribution in [0.3, 0.4) is 0 Å². The van der Waals surface area contributed by atoms with Crippen molar-refractivity contribution in [3.8, 4) is 0 Å². The van der Waals surface area contributed by atoms with Crippen LogP contribution >= 0.6 is 11.3 Å². The Labute approximate surface area is 109 Å². The highest BCUT2D eigenvalue weighted by atomic mass is 32.1. The molecule has 3 aromatic rings. The van der Waals surface area contributed by atoms with E-state index in [1.54, 1.807) is 11.6 Å². The number of nitrogens with zero attached hydrogens (tertiary/aromatic N) is 2. The number of fused-ring (bicyclic) bond motifs is 1. The molecule has 0 spiro atoms. The van der Waals surface area contributed by atoms with Crippen molar-refractivity contribution in [2.45, 2.75) is 6.92 Å². The molecule has 0 saturated heterocycles. The zero-order valence-electron chi connectivity index (χ0n) is 9.91. The molecular weight excluding hydrogens is 244 g/mol. The summed E-state index contributed by atoms with van der Waals surface area (Å²) in [4.78, 5) is 18.4. The third-order valence-corrected chi connectivity index (χ3v) is 3.12. The van der Waals surface area contributed by atoms with Crippen LogP contribution in [0.1, 0.15) is 16.7 Å². The van der Waals surface area contributed by atoms with Crippen molar-refractivity contribution < 1.29 is 4.79 Å². The second-order valence-corrected chi connectivity index (χ2v) is 4.48. The zero-order chi connectivity index (χ0) is 12.8. The highest BCUT2D eigenvalue weighted by molar-refractivity contribution is 7.11. The zero-order valence-corrected chi connectivity index (χ0v) is 10.7. The molecule has 90 valence electrons. The summed E-state index contributed by atoms with van der Waals surface area (Å²) in [5.74, 6) is 0.0417. The minimum atomic E-state index is 0.0417. The van der Waals surface area contributed by atoms with Gasteiger partial charge < -0.3 is 0 Å². The standard InChI is InChI=1S/C9H7N.C5H5NOS/c1-2-6-9-8(4-1)5-3-7-10-9;1-4(7)5-6-2-3-8-5/h1-7H;2-3H,1H3. The minimum absolute atomic E-state index is 0.0417. The lowest BCUT2D eigenvalue weighted by molar-refractivity contribution is 0.101. The van der Waals surface area contributed by atoms with Crippen molar-refractivity contribution in [2.75, 3.05) is 0 Å². The smallest absolute Gasteiger partial charge is 0.188 e. The lowest BCUT2D eigenvalue weighted by atomic mass is 10.2. The van der Waals surface area contributed by atoms with Gasteiger partial charge in [-0.2, -0.15) is 0 Å². The summed E-state index contributed by atoms with van der Waals surface area (Å²) in [6.45, 7) is 1.51. The number of rotatable bonds is 1. The quantitative estimate of drug-likeness (QED) is 0.625. The molecule has 0 aliphatic carbocycles. The van der Waals surface area contributed by atoms with E-state index in [0.717, 1.165) is 5.52 Å². The lowest BCUT2D eigenvalue weighted by Gasteiger charge is -1.91. The summed E-state index contributed by atoms with van der Waals surface area (Å²) < 4.78 is 0. The van der Waals surface area contributed by atoms with Crippen molar-refractivity contribution in [1.82, 2.24) is 9.97 Å². The van der Waals surface area contributed by atoms with Crippen LogP contribution in [0.4, 0.5) is 0 Å². The number of hydrogen-bond acceptors (Lipinski definition) is 4. The molecule has 2 aromatic heterocycles. The van der Waals surface area contributed by atoms with Gasteiger partial charge in [-0.3, -0.25) is 9.78 Å². The van der Waals surface area contributed by atoms with Crippen LogP contribution in [0, 0.1) is 0 Å². The molecule has 3 nitrogen and oxygen atoms in total. The molecule has 0 aliphatic rings. The van der Waals surface area contributed by atoms with Crippen LogP contribution in [0.25, 0.3) is 10.9 Å². The molecule has 3 rings (SSSR count). The number of benzene rings is 1. The predicted octanol–water partition coefficient (Wildman–Crippen LogP) is 3.58. The van der Waals surface area contributed by atoms with Gasteiger partial charge in [0.25, 0.3) is 0 Å². The van der Waals surface area contributed by atoms with E-state index in [0.29, 0.717) is 5.01 Å². The van der Waals surface area contributed by atoms with Crippen molar-refractivity contribution in [1.29, 1.82) is 0 Å². The average molecular weight is 256 g/mol. The second-order valence-electron chi connectivity index (χ2n) is 3.59. The molecule has 0 aliphatic heterocycles. The third kappa shape index (κ3) is 3.21. The van der Waals surface area contributed by atoms with E-state index in [2.05, 4.69) is 22.1 Å². The number of thiazole rings is 1. The number of aromatic nitrogens is 2. The number of Topliss-reactive ketones (excluding diaryl/α,β-unsaturated/α-hetero) is 1. The van der Waals surface area contributed by atoms with Gasteiger partial charge in [0.2, 0.25) is 0 Å². The monoisotopic (exact) mass is 256 g/mol. The molecule has 4 heteroatoms. The van der Waals surface area contributed by atoms with E-state index in [4.69, 9.17) is 0 Å². The summed E-state index contributed by atoms with van der Waals surface area (Å²) in [5.41, 5.74) is 1.06. The first kappa shape index (κ1) is 12.4. The summed E-state index contributed by atoms with van der Waals surface area (Å²) in [7, 11) is 0. The highest BCUT2D eigenvalue weighted by Crippen LogP contribution is 2.07. The van der Waals surface area contributed by atoms with Gasteiger partial charge in [0.05, 0.1) is 5.52 Å². The van der Waals surface area contributed by atoms with Crippen molar-refractivity contribution in [2.24, 2.45) is 0 Å². The molecule has 0 radical (unpaired) electrons. The van der Waals surface area contributed by atoms with Gasteiger partial charge in [-0.1, -0.05) is 24.3 Å². The Morgan fingerprint density at radius 3 is 2.44 bits per heavy atom. The maximum atomic E-state index is 10.5. The molecule has 18 heavy (non-hydrogen) atoms. The maximum Gasteiger partial charge on any atom is 0.188 e. The molecule has 0 bridgehead atoms. The van der Waals surface area contributed by atoms with Gasteiger partial charge in [0.1, 0.15) is 0 Å². The van der Waals surface area contributed by atoms with E-state index in [1.165, 1.54) is 23.6 Å². The molecule has 0 atom stereocenters. The fourth-order valence-corrected chi connectivity index (χ4v) is 1.95. The second kappa shape index (κ2) is 6.02. The molecule has 0 saturated carbocycles. The third-order valence-electron chi connectivity index (χ3n) is 2.25. The Morgan fingerprint density at radius 1 is 1.06 bits per heavy atom. The van der Waals surface area contributed by atoms with Gasteiger partial charge in [-0.05, 0) is 12.1 Å². The molecule has 0 fully saturated rings. The first-order valence-electron chi connectivity index (χ1n) is 5.47. The van der Waals surface area contributed by atoms with Gasteiger partial charge >= 0.3 is 0 Å². The van der Waals surface area contributed by atoms with Crippen LogP contribution in [0.15, 0.2) is 54.2 Å². The van der Waals surface area contributed by atoms with Crippen LogP contribution in [0.5, 0.6) is 0 Å². The van der Waals surface area contributed by atoms with Crippen molar-refractivity contribution in [3.05, 3.63) is 59.2 Å². The van der Waals surface area contributed by atoms with Crippen LogP contribution in [0.2, 0.25) is 0 Å². The van der Waals surface area contributed by atoms with Crippen LogP contribution in [-0.2, 0) is 0 Å². The largest absolute Gasteiger partial charge is 0.292 e. The van der Waals surface area contributed by atoms with E-state index in [9.17, 15) is 4.79 Å². The number of pyridine rings is 1. The number of ketones is 1. The Hall–Kier alpha value is -2.07. The lowest BCUT2D eigenvalue weighted by Crippen LogP contribution is -1.87. The van der Waals surface area contributed by atoms with Crippen LogP contribution in [-0.4, -0.2) is 15.8 Å². The Balaban J connectivity index is 0.000000138. The normalized spacial score (nSPS) is 9.61. The van der Waals surface area contributed by atoms with Gasteiger partial charge in [-0.15, -0.1) is 11.3 Å². The van der Waals surface area contributed by atoms with Crippen molar-refractivity contribution in [3.63, 3.8) is 0 Å². The first-order chi connectivity index (χ1) is 8.77. The van der Waals surface area contributed by atoms with E-state index >= 15 is 0 Å². The average Bonchev–Trinajstić information content (AvgIpc) is 2.94. The van der Waals surface area contributed by atoms with Crippen LogP contribution < -0.4 is 0 Å². The minimum Gasteiger partial charge on any atom is -0.292 e.